The van der Waals surface area contributed by atoms with Gasteiger partial charge in [-0.2, -0.15) is 0 Å². The molecule has 0 fully saturated rings. The molecule has 0 aliphatic carbocycles. The molecule has 114 valence electrons. The number of nitrogens with zero attached hydrogens (tertiary/aromatic N) is 2. The average molecular weight is 281 g/mol. The zero-order chi connectivity index (χ0) is 15.7. The lowest BCUT2D eigenvalue weighted by atomic mass is 10.2. The first-order valence-electron chi connectivity index (χ1n) is 6.54. The Bertz CT molecular complexity index is 398. The highest BCUT2D eigenvalue weighted by atomic mass is 16.5. The van der Waals surface area contributed by atoms with E-state index in [2.05, 4.69) is 21.7 Å². The molecule has 0 bridgehead atoms. The first-order chi connectivity index (χ1) is 9.31. The maximum absolute atomic E-state index is 11.4. The molecule has 1 N–H and O–H groups in total. The molecular weight excluding hydrogens is 254 g/mol. The highest BCUT2D eigenvalue weighted by Crippen LogP contribution is 2.11. The highest BCUT2D eigenvalue weighted by molar-refractivity contribution is 5.88. The Kier molecular flexibility index (Phi) is 8.40. The number of carbonyl (C=O) groups excluding carboxylic acids is 1. The number of hydrogen-bond donors (Lipinski definition) is 1. The van der Waals surface area contributed by atoms with E-state index in [1.807, 2.05) is 41.1 Å². The van der Waals surface area contributed by atoms with Gasteiger partial charge in [0.25, 0.3) is 0 Å². The van der Waals surface area contributed by atoms with Crippen molar-refractivity contribution in [3.05, 3.63) is 35.9 Å². The second-order valence-corrected chi connectivity index (χ2v) is 4.89. The summed E-state index contributed by atoms with van der Waals surface area (Å²) < 4.78 is 5.19. The molecular formula is C15H27N3O2. The van der Waals surface area contributed by atoms with Crippen molar-refractivity contribution in [2.75, 3.05) is 41.3 Å². The minimum atomic E-state index is -0.218. The smallest absolute Gasteiger partial charge is 0.247 e. The van der Waals surface area contributed by atoms with E-state index in [0.717, 1.165) is 30.2 Å². The Morgan fingerprint density at radius 1 is 1.25 bits per heavy atom. The molecule has 0 rings (SSSR count). The molecule has 0 saturated heterocycles. The molecule has 0 saturated carbocycles. The number of ether oxygens (including phenoxy) is 1. The summed E-state index contributed by atoms with van der Waals surface area (Å²) in [4.78, 5) is 15.6. The zero-order valence-corrected chi connectivity index (χ0v) is 13.5. The SMILES string of the molecule is C=CC(=O)N/C(C)=C(/C=C(\C)OC)N(C)CCN(C)C. The number of allylic oxidation sites excluding steroid dienone is 3. The van der Waals surface area contributed by atoms with Gasteiger partial charge in [-0.15, -0.1) is 0 Å². The fourth-order valence-electron chi connectivity index (χ4n) is 1.53. The monoisotopic (exact) mass is 281 g/mol. The van der Waals surface area contributed by atoms with E-state index in [-0.39, 0.29) is 5.91 Å². The van der Waals surface area contributed by atoms with Gasteiger partial charge in [0.05, 0.1) is 18.6 Å². The van der Waals surface area contributed by atoms with Crippen LogP contribution in [0.5, 0.6) is 0 Å². The van der Waals surface area contributed by atoms with E-state index < -0.39 is 0 Å². The van der Waals surface area contributed by atoms with E-state index in [9.17, 15) is 4.79 Å². The van der Waals surface area contributed by atoms with Gasteiger partial charge in [0, 0.05) is 31.9 Å². The van der Waals surface area contributed by atoms with Crippen LogP contribution in [0.3, 0.4) is 0 Å². The Labute approximate surface area is 122 Å². The standard InChI is InChI=1S/C15H27N3O2/c1-8-15(19)16-13(3)14(11-12(2)20-7)18(6)10-9-17(4)5/h8,11H,1,9-10H2,2-7H3,(H,16,19)/b12-11+,14-13-. The largest absolute Gasteiger partial charge is 0.501 e. The summed E-state index contributed by atoms with van der Waals surface area (Å²) in [5.41, 5.74) is 1.69. The molecule has 0 atom stereocenters. The maximum atomic E-state index is 11.4. The minimum Gasteiger partial charge on any atom is -0.501 e. The number of nitrogens with one attached hydrogen (secondary N) is 1. The van der Waals surface area contributed by atoms with E-state index in [1.54, 1.807) is 7.11 Å². The molecule has 1 amide bonds. The fraction of sp³-hybridized carbons (Fsp3) is 0.533. The van der Waals surface area contributed by atoms with Gasteiger partial charge < -0.3 is 19.9 Å². The summed E-state index contributed by atoms with van der Waals surface area (Å²) in [7, 11) is 7.67. The molecule has 0 aromatic carbocycles. The van der Waals surface area contributed by atoms with Crippen LogP contribution in [-0.2, 0) is 9.53 Å². The van der Waals surface area contributed by atoms with Crippen molar-refractivity contribution in [2.24, 2.45) is 0 Å². The first kappa shape index (κ1) is 18.2. The van der Waals surface area contributed by atoms with Crippen LogP contribution >= 0.6 is 0 Å². The number of hydrogen-bond acceptors (Lipinski definition) is 4. The number of rotatable bonds is 8. The van der Waals surface area contributed by atoms with Crippen LogP contribution in [0, 0.1) is 0 Å². The predicted molar refractivity (Wildman–Crippen MR) is 83.0 cm³/mol. The molecule has 20 heavy (non-hydrogen) atoms. The van der Waals surface area contributed by atoms with Gasteiger partial charge in [0.2, 0.25) is 5.91 Å². The fourth-order valence-corrected chi connectivity index (χ4v) is 1.53. The Morgan fingerprint density at radius 3 is 2.30 bits per heavy atom. The number of likely N-dealkylation sites (N-methyl/N-ethyl adjacent to an activating group) is 2. The van der Waals surface area contributed by atoms with Crippen molar-refractivity contribution >= 4 is 5.91 Å². The van der Waals surface area contributed by atoms with Crippen molar-refractivity contribution in [3.63, 3.8) is 0 Å². The third-order valence-corrected chi connectivity index (χ3v) is 2.84. The molecule has 0 aromatic rings. The summed E-state index contributed by atoms with van der Waals surface area (Å²) in [6, 6.07) is 0. The van der Waals surface area contributed by atoms with Crippen LogP contribution in [-0.4, -0.2) is 57.0 Å². The summed E-state index contributed by atoms with van der Waals surface area (Å²) in [6.45, 7) is 8.96. The van der Waals surface area contributed by atoms with Gasteiger partial charge >= 0.3 is 0 Å². The van der Waals surface area contributed by atoms with Crippen molar-refractivity contribution in [2.45, 2.75) is 13.8 Å². The van der Waals surface area contributed by atoms with Crippen LogP contribution < -0.4 is 5.32 Å². The zero-order valence-electron chi connectivity index (χ0n) is 13.5. The minimum absolute atomic E-state index is 0.218. The number of methoxy groups -OCH3 is 1. The quantitative estimate of drug-likeness (QED) is 0.417. The summed E-state index contributed by atoms with van der Waals surface area (Å²) >= 11 is 0. The molecule has 0 aromatic heterocycles. The molecule has 0 heterocycles. The van der Waals surface area contributed by atoms with Gasteiger partial charge in [-0.1, -0.05) is 6.58 Å². The van der Waals surface area contributed by atoms with E-state index in [4.69, 9.17) is 4.74 Å². The third kappa shape index (κ3) is 6.99. The summed E-state index contributed by atoms with van der Waals surface area (Å²) in [6.07, 6.45) is 3.17. The Hall–Kier alpha value is -1.75. The molecule has 0 aliphatic rings. The topological polar surface area (TPSA) is 44.8 Å². The first-order valence-corrected chi connectivity index (χ1v) is 6.54. The van der Waals surface area contributed by atoms with Crippen molar-refractivity contribution < 1.29 is 9.53 Å². The molecule has 0 aliphatic heterocycles. The van der Waals surface area contributed by atoms with Crippen molar-refractivity contribution in [1.82, 2.24) is 15.1 Å². The second-order valence-electron chi connectivity index (χ2n) is 4.89. The number of amides is 1. The van der Waals surface area contributed by atoms with Crippen LogP contribution in [0.15, 0.2) is 35.9 Å². The van der Waals surface area contributed by atoms with E-state index >= 15 is 0 Å². The lowest BCUT2D eigenvalue weighted by Crippen LogP contribution is -2.31. The number of carbonyl (C=O) groups is 1. The van der Waals surface area contributed by atoms with Crippen LogP contribution in [0.1, 0.15) is 13.8 Å². The molecule has 0 spiro atoms. The molecule has 0 unspecified atom stereocenters. The van der Waals surface area contributed by atoms with Gasteiger partial charge in [0.1, 0.15) is 0 Å². The Balaban J connectivity index is 5.20. The lowest BCUT2D eigenvalue weighted by Gasteiger charge is -2.25. The maximum Gasteiger partial charge on any atom is 0.247 e. The van der Waals surface area contributed by atoms with Crippen LogP contribution in [0.2, 0.25) is 0 Å². The molecule has 0 radical (unpaired) electrons. The van der Waals surface area contributed by atoms with Crippen molar-refractivity contribution in [1.29, 1.82) is 0 Å². The molecule has 5 nitrogen and oxygen atoms in total. The second kappa shape index (κ2) is 9.20. The summed E-state index contributed by atoms with van der Waals surface area (Å²) in [5, 5.41) is 2.79. The van der Waals surface area contributed by atoms with Crippen molar-refractivity contribution in [3.8, 4) is 0 Å². The van der Waals surface area contributed by atoms with E-state index in [1.165, 1.54) is 6.08 Å². The normalized spacial score (nSPS) is 12.8. The predicted octanol–water partition coefficient (Wildman–Crippen LogP) is 1.56. The Morgan fingerprint density at radius 2 is 1.85 bits per heavy atom. The lowest BCUT2D eigenvalue weighted by molar-refractivity contribution is -0.115. The van der Waals surface area contributed by atoms with Gasteiger partial charge in [-0.05, 0) is 34.0 Å². The van der Waals surface area contributed by atoms with E-state index in [0.29, 0.717) is 0 Å². The molecule has 5 heteroatoms. The highest BCUT2D eigenvalue weighted by Gasteiger charge is 2.09. The van der Waals surface area contributed by atoms with Gasteiger partial charge in [-0.25, -0.2) is 0 Å². The van der Waals surface area contributed by atoms with Crippen LogP contribution in [0.25, 0.3) is 0 Å². The third-order valence-electron chi connectivity index (χ3n) is 2.84. The van der Waals surface area contributed by atoms with Crippen LogP contribution in [0.4, 0.5) is 0 Å². The van der Waals surface area contributed by atoms with Gasteiger partial charge in [0.15, 0.2) is 0 Å². The van der Waals surface area contributed by atoms with Gasteiger partial charge in [-0.3, -0.25) is 4.79 Å². The summed E-state index contributed by atoms with van der Waals surface area (Å²) in [5.74, 6) is 0.563. The average Bonchev–Trinajstić information content (AvgIpc) is 2.41.